The number of hydrogen-bond acceptors (Lipinski definition) is 5. The summed E-state index contributed by atoms with van der Waals surface area (Å²) in [5.41, 5.74) is 0. The Morgan fingerprint density at radius 1 is 0.727 bits per heavy atom. The molecular formula is C17H42N4O. The van der Waals surface area contributed by atoms with Crippen LogP contribution in [-0.4, -0.2) is 93.1 Å². The van der Waals surface area contributed by atoms with Gasteiger partial charge in [-0.25, -0.2) is 0 Å². The van der Waals surface area contributed by atoms with Crippen molar-refractivity contribution in [3.63, 3.8) is 0 Å². The van der Waals surface area contributed by atoms with Crippen molar-refractivity contribution in [3.05, 3.63) is 0 Å². The van der Waals surface area contributed by atoms with Crippen LogP contribution in [0.15, 0.2) is 0 Å². The van der Waals surface area contributed by atoms with Gasteiger partial charge in [0.05, 0.1) is 0 Å². The van der Waals surface area contributed by atoms with Gasteiger partial charge in [-0.15, -0.1) is 0 Å². The lowest BCUT2D eigenvalue weighted by Gasteiger charge is -2.42. The molecule has 0 aliphatic carbocycles. The van der Waals surface area contributed by atoms with Crippen LogP contribution in [0.2, 0.25) is 0 Å². The van der Waals surface area contributed by atoms with Crippen molar-refractivity contribution in [2.45, 2.75) is 54.0 Å². The summed E-state index contributed by atoms with van der Waals surface area (Å²) in [4.78, 5) is 8.98. The van der Waals surface area contributed by atoms with E-state index in [0.717, 1.165) is 32.8 Å². The topological polar surface area (TPSA) is 22.2 Å². The molecule has 1 fully saturated rings. The Hall–Kier alpha value is -0.200. The summed E-state index contributed by atoms with van der Waals surface area (Å²) in [7, 11) is 8.43. The van der Waals surface area contributed by atoms with Crippen LogP contribution >= 0.6 is 0 Å². The summed E-state index contributed by atoms with van der Waals surface area (Å²) in [6, 6.07) is 0. The molecule has 1 heterocycles. The Morgan fingerprint density at radius 3 is 1.14 bits per heavy atom. The van der Waals surface area contributed by atoms with Crippen LogP contribution in [0.25, 0.3) is 0 Å². The van der Waals surface area contributed by atoms with E-state index < -0.39 is 0 Å². The summed E-state index contributed by atoms with van der Waals surface area (Å²) < 4.78 is 5.18. The zero-order valence-corrected chi connectivity index (χ0v) is 16.9. The molecule has 0 spiro atoms. The van der Waals surface area contributed by atoms with Crippen LogP contribution in [0.5, 0.6) is 0 Å². The van der Waals surface area contributed by atoms with E-state index in [9.17, 15) is 0 Å². The largest absolute Gasteiger partial charge is 0.345 e. The standard InChI is InChI=1S/C7H18N2.C5H11NO.C5H13N/c1-5-8(3)7-9(4)6-2;1-4-6(3)5(2)7-4;1-4-6(3)5-2/h5-7H2,1-4H3;4-5H,1-3H3;4-5H2,1-3H3. The van der Waals surface area contributed by atoms with Crippen molar-refractivity contribution in [2.24, 2.45) is 0 Å². The van der Waals surface area contributed by atoms with Gasteiger partial charge in [-0.2, -0.15) is 0 Å². The first-order valence-corrected chi connectivity index (χ1v) is 8.66. The van der Waals surface area contributed by atoms with E-state index in [0.29, 0.717) is 12.5 Å². The smallest absolute Gasteiger partial charge is 0.111 e. The number of rotatable bonds is 6. The van der Waals surface area contributed by atoms with E-state index in [1.807, 2.05) is 13.8 Å². The minimum atomic E-state index is 0.343. The molecular weight excluding hydrogens is 276 g/mol. The Labute approximate surface area is 140 Å². The molecule has 0 bridgehead atoms. The summed E-state index contributed by atoms with van der Waals surface area (Å²) in [5.74, 6) is 0. The Morgan fingerprint density at radius 2 is 1.05 bits per heavy atom. The van der Waals surface area contributed by atoms with Crippen molar-refractivity contribution < 1.29 is 4.74 Å². The molecule has 1 rings (SSSR count). The summed E-state index contributed by atoms with van der Waals surface area (Å²) in [5, 5.41) is 0. The molecule has 5 heteroatoms. The average Bonchev–Trinajstić information content (AvgIpc) is 2.54. The molecule has 0 aromatic carbocycles. The summed E-state index contributed by atoms with van der Waals surface area (Å²) >= 11 is 0. The van der Waals surface area contributed by atoms with Gasteiger partial charge in [0.25, 0.3) is 0 Å². The van der Waals surface area contributed by atoms with E-state index in [1.54, 1.807) is 0 Å². The lowest BCUT2D eigenvalue weighted by atomic mass is 10.4. The zero-order chi connectivity index (χ0) is 17.7. The van der Waals surface area contributed by atoms with Crippen molar-refractivity contribution in [1.82, 2.24) is 19.6 Å². The molecule has 1 saturated heterocycles. The first-order chi connectivity index (χ1) is 10.2. The van der Waals surface area contributed by atoms with Crippen LogP contribution < -0.4 is 0 Å². The van der Waals surface area contributed by atoms with Crippen molar-refractivity contribution in [2.75, 3.05) is 61.0 Å². The Bertz CT molecular complexity index is 221. The fourth-order valence-corrected chi connectivity index (χ4v) is 1.55. The second-order valence-electron chi connectivity index (χ2n) is 5.97. The lowest BCUT2D eigenvalue weighted by molar-refractivity contribution is -0.255. The SMILES string of the molecule is CC1OC(C)N1C.CCN(C)CC.CCN(C)CN(C)CC. The van der Waals surface area contributed by atoms with Crippen LogP contribution in [0.4, 0.5) is 0 Å². The highest BCUT2D eigenvalue weighted by atomic mass is 16.6. The maximum Gasteiger partial charge on any atom is 0.111 e. The monoisotopic (exact) mass is 318 g/mol. The molecule has 22 heavy (non-hydrogen) atoms. The van der Waals surface area contributed by atoms with Crippen LogP contribution in [0, 0.1) is 0 Å². The molecule has 0 aromatic heterocycles. The van der Waals surface area contributed by atoms with Gasteiger partial charge in [-0.1, -0.05) is 27.7 Å². The number of hydrogen-bond donors (Lipinski definition) is 0. The van der Waals surface area contributed by atoms with E-state index in [2.05, 4.69) is 75.5 Å². The van der Waals surface area contributed by atoms with Crippen LogP contribution in [0.3, 0.4) is 0 Å². The minimum Gasteiger partial charge on any atom is -0.345 e. The fourth-order valence-electron chi connectivity index (χ4n) is 1.55. The first kappa shape index (κ1) is 24.1. The molecule has 0 radical (unpaired) electrons. The van der Waals surface area contributed by atoms with Crippen molar-refractivity contribution in [1.29, 1.82) is 0 Å². The highest BCUT2D eigenvalue weighted by Gasteiger charge is 2.27. The third-order valence-electron chi connectivity index (χ3n) is 4.18. The molecule has 1 aliphatic rings. The van der Waals surface area contributed by atoms with Gasteiger partial charge in [0.1, 0.15) is 12.5 Å². The van der Waals surface area contributed by atoms with Crippen molar-refractivity contribution in [3.8, 4) is 0 Å². The second-order valence-corrected chi connectivity index (χ2v) is 5.97. The summed E-state index contributed by atoms with van der Waals surface area (Å²) in [6.07, 6.45) is 0.685. The zero-order valence-electron chi connectivity index (χ0n) is 16.9. The van der Waals surface area contributed by atoms with Gasteiger partial charge in [0.15, 0.2) is 0 Å². The van der Waals surface area contributed by atoms with Crippen LogP contribution in [0.1, 0.15) is 41.5 Å². The van der Waals surface area contributed by atoms with Gasteiger partial charge in [-0.3, -0.25) is 14.7 Å². The molecule has 0 N–H and O–H groups in total. The molecule has 0 saturated carbocycles. The third kappa shape index (κ3) is 12.4. The van der Waals surface area contributed by atoms with Crippen LogP contribution in [-0.2, 0) is 4.74 Å². The third-order valence-corrected chi connectivity index (χ3v) is 4.18. The maximum absolute atomic E-state index is 5.18. The van der Waals surface area contributed by atoms with E-state index in [-0.39, 0.29) is 0 Å². The molecule has 136 valence electrons. The lowest BCUT2D eigenvalue weighted by Crippen LogP contribution is -2.52. The quantitative estimate of drug-likeness (QED) is 0.700. The normalized spacial score (nSPS) is 21.1. The Kier molecular flexibility index (Phi) is 15.7. The molecule has 0 aromatic rings. The maximum atomic E-state index is 5.18. The first-order valence-electron chi connectivity index (χ1n) is 8.66. The van der Waals surface area contributed by atoms with E-state index in [4.69, 9.17) is 4.74 Å². The molecule has 2 atom stereocenters. The molecule has 5 nitrogen and oxygen atoms in total. The molecule has 1 aliphatic heterocycles. The molecule has 2 unspecified atom stereocenters. The molecule has 0 amide bonds. The highest BCUT2D eigenvalue weighted by molar-refractivity contribution is 4.64. The predicted octanol–water partition coefficient (Wildman–Crippen LogP) is 2.45. The van der Waals surface area contributed by atoms with E-state index >= 15 is 0 Å². The average molecular weight is 319 g/mol. The van der Waals surface area contributed by atoms with Gasteiger partial charge >= 0.3 is 0 Å². The van der Waals surface area contributed by atoms with Gasteiger partial charge in [0, 0.05) is 6.67 Å². The van der Waals surface area contributed by atoms with Crippen molar-refractivity contribution >= 4 is 0 Å². The fraction of sp³-hybridized carbons (Fsp3) is 1.00. The number of nitrogens with zero attached hydrogens (tertiary/aromatic N) is 4. The van der Waals surface area contributed by atoms with Gasteiger partial charge in [-0.05, 0) is 68.2 Å². The number of ether oxygens (including phenoxy) is 1. The predicted molar refractivity (Wildman–Crippen MR) is 98.1 cm³/mol. The van der Waals surface area contributed by atoms with Gasteiger partial charge in [0.2, 0.25) is 0 Å². The van der Waals surface area contributed by atoms with E-state index in [1.165, 1.54) is 0 Å². The summed E-state index contributed by atoms with van der Waals surface area (Å²) in [6.45, 7) is 18.4. The Balaban J connectivity index is 0. The second kappa shape index (κ2) is 14.4. The minimum absolute atomic E-state index is 0.343. The highest BCUT2D eigenvalue weighted by Crippen LogP contribution is 2.16. The van der Waals surface area contributed by atoms with Gasteiger partial charge < -0.3 is 9.64 Å².